The van der Waals surface area contributed by atoms with Crippen LogP contribution in [-0.4, -0.2) is 57.2 Å². The number of carbonyl (C=O) groups is 1. The van der Waals surface area contributed by atoms with Crippen molar-refractivity contribution in [2.75, 3.05) is 26.2 Å². The summed E-state index contributed by atoms with van der Waals surface area (Å²) in [5.41, 5.74) is 2.35. The molecule has 0 saturated carbocycles. The number of rotatable bonds is 4. The molecule has 1 amide bonds. The molecule has 0 bridgehead atoms. The molecule has 27 heavy (non-hydrogen) atoms. The van der Waals surface area contributed by atoms with Gasteiger partial charge in [0.05, 0.1) is 12.2 Å². The van der Waals surface area contributed by atoms with Crippen molar-refractivity contribution < 1.29 is 13.8 Å². The highest BCUT2D eigenvalue weighted by atomic mass is 16.5. The van der Waals surface area contributed by atoms with Gasteiger partial charge in [0.15, 0.2) is 11.6 Å². The van der Waals surface area contributed by atoms with Crippen molar-refractivity contribution in [3.8, 4) is 11.5 Å². The van der Waals surface area contributed by atoms with Gasteiger partial charge in [-0.1, -0.05) is 10.3 Å². The van der Waals surface area contributed by atoms with Gasteiger partial charge in [0, 0.05) is 43.4 Å². The van der Waals surface area contributed by atoms with Gasteiger partial charge < -0.3 is 13.9 Å². The maximum Gasteiger partial charge on any atom is 0.257 e. The Labute approximate surface area is 156 Å². The fourth-order valence-corrected chi connectivity index (χ4v) is 3.17. The average Bonchev–Trinajstić information content (AvgIpc) is 3.30. The van der Waals surface area contributed by atoms with Crippen LogP contribution in [0.25, 0.3) is 11.5 Å². The molecule has 0 N–H and O–H groups in total. The molecule has 8 nitrogen and oxygen atoms in total. The molecule has 8 heteroatoms. The minimum absolute atomic E-state index is 0.0402. The van der Waals surface area contributed by atoms with Gasteiger partial charge in [-0.05, 0) is 38.1 Å². The zero-order valence-electron chi connectivity index (χ0n) is 15.4. The summed E-state index contributed by atoms with van der Waals surface area (Å²) in [4.78, 5) is 21.1. The Balaban J connectivity index is 1.35. The van der Waals surface area contributed by atoms with E-state index in [2.05, 4.69) is 20.2 Å². The Hall–Kier alpha value is -3.00. The molecule has 140 valence electrons. The summed E-state index contributed by atoms with van der Waals surface area (Å²) in [6.45, 7) is 7.41. The molecule has 2 aromatic heterocycles. The number of nitrogens with zero attached hydrogens (tertiary/aromatic N) is 5. The summed E-state index contributed by atoms with van der Waals surface area (Å²) in [5, 5.41) is 7.70. The third-order valence-electron chi connectivity index (χ3n) is 4.62. The molecule has 0 unspecified atom stereocenters. The van der Waals surface area contributed by atoms with Gasteiger partial charge in [-0.25, -0.2) is 0 Å². The quantitative estimate of drug-likeness (QED) is 0.699. The van der Waals surface area contributed by atoms with Gasteiger partial charge >= 0.3 is 0 Å². The van der Waals surface area contributed by atoms with Crippen molar-refractivity contribution in [3.63, 3.8) is 0 Å². The van der Waals surface area contributed by atoms with Crippen molar-refractivity contribution >= 4 is 5.91 Å². The summed E-state index contributed by atoms with van der Waals surface area (Å²) >= 11 is 0. The second-order valence-corrected chi connectivity index (χ2v) is 6.73. The van der Waals surface area contributed by atoms with Crippen molar-refractivity contribution in [2.45, 2.75) is 20.4 Å². The standard InChI is InChI=1S/C19H21N5O3/c1-13-11-17(26-21-13)12-23-7-9-24(10-8-23)19(25)16-5-3-15(4-6-16)18-20-14(2)22-27-18/h3-6,11H,7-10,12H2,1-2H3. The lowest BCUT2D eigenvalue weighted by atomic mass is 10.1. The van der Waals surface area contributed by atoms with Crippen LogP contribution in [0, 0.1) is 13.8 Å². The number of aryl methyl sites for hydroxylation is 2. The van der Waals surface area contributed by atoms with E-state index in [9.17, 15) is 4.79 Å². The zero-order valence-corrected chi connectivity index (χ0v) is 15.4. The fourth-order valence-electron chi connectivity index (χ4n) is 3.17. The third kappa shape index (κ3) is 3.90. The SMILES string of the molecule is Cc1cc(CN2CCN(C(=O)c3ccc(-c4nc(C)no4)cc3)CC2)on1. The largest absolute Gasteiger partial charge is 0.360 e. The van der Waals surface area contributed by atoms with Gasteiger partial charge in [0.1, 0.15) is 0 Å². The van der Waals surface area contributed by atoms with E-state index in [1.165, 1.54) is 0 Å². The van der Waals surface area contributed by atoms with Crippen LogP contribution in [0.4, 0.5) is 0 Å². The minimum Gasteiger partial charge on any atom is -0.360 e. The topological polar surface area (TPSA) is 88.5 Å². The molecule has 0 aliphatic carbocycles. The summed E-state index contributed by atoms with van der Waals surface area (Å²) < 4.78 is 10.4. The number of hydrogen-bond acceptors (Lipinski definition) is 7. The molecule has 0 spiro atoms. The van der Waals surface area contributed by atoms with E-state index in [1.807, 2.05) is 30.0 Å². The van der Waals surface area contributed by atoms with Crippen LogP contribution in [0.1, 0.15) is 27.6 Å². The molecule has 3 heterocycles. The first-order chi connectivity index (χ1) is 13.1. The number of piperazine rings is 1. The van der Waals surface area contributed by atoms with Gasteiger partial charge in [-0.2, -0.15) is 4.98 Å². The molecule has 3 aromatic rings. The van der Waals surface area contributed by atoms with Gasteiger partial charge in [0.25, 0.3) is 11.8 Å². The van der Waals surface area contributed by atoms with Crippen molar-refractivity contribution in [3.05, 3.63) is 53.2 Å². The average molecular weight is 367 g/mol. The Morgan fingerprint density at radius 3 is 2.37 bits per heavy atom. The van der Waals surface area contributed by atoms with Crippen LogP contribution in [0.5, 0.6) is 0 Å². The van der Waals surface area contributed by atoms with E-state index in [-0.39, 0.29) is 5.91 Å². The first-order valence-corrected chi connectivity index (χ1v) is 8.93. The first-order valence-electron chi connectivity index (χ1n) is 8.93. The van der Waals surface area contributed by atoms with E-state index < -0.39 is 0 Å². The summed E-state index contributed by atoms with van der Waals surface area (Å²) in [6, 6.07) is 9.23. The number of benzene rings is 1. The summed E-state index contributed by atoms with van der Waals surface area (Å²) in [6.07, 6.45) is 0. The minimum atomic E-state index is 0.0402. The molecule has 0 atom stereocenters. The molecule has 1 saturated heterocycles. The summed E-state index contributed by atoms with van der Waals surface area (Å²) in [5.74, 6) is 1.95. The normalized spacial score (nSPS) is 15.3. The van der Waals surface area contributed by atoms with Gasteiger partial charge in [-0.15, -0.1) is 0 Å². The van der Waals surface area contributed by atoms with Crippen LogP contribution in [0.15, 0.2) is 39.4 Å². The predicted octanol–water partition coefficient (Wildman–Crippen LogP) is 2.30. The van der Waals surface area contributed by atoms with Crippen LogP contribution in [0.3, 0.4) is 0 Å². The fraction of sp³-hybridized carbons (Fsp3) is 0.368. The van der Waals surface area contributed by atoms with E-state index in [1.54, 1.807) is 19.1 Å². The molecule has 1 fully saturated rings. The van der Waals surface area contributed by atoms with Crippen LogP contribution < -0.4 is 0 Å². The zero-order chi connectivity index (χ0) is 18.8. The molecule has 4 rings (SSSR count). The highest BCUT2D eigenvalue weighted by molar-refractivity contribution is 5.94. The number of aromatic nitrogens is 3. The Morgan fingerprint density at radius 1 is 1.04 bits per heavy atom. The van der Waals surface area contributed by atoms with E-state index in [0.717, 1.165) is 36.7 Å². The van der Waals surface area contributed by atoms with Crippen molar-refractivity contribution in [1.29, 1.82) is 0 Å². The molecular weight excluding hydrogens is 346 g/mol. The highest BCUT2D eigenvalue weighted by Crippen LogP contribution is 2.19. The summed E-state index contributed by atoms with van der Waals surface area (Å²) in [7, 11) is 0. The molecule has 1 aromatic carbocycles. The lowest BCUT2D eigenvalue weighted by Crippen LogP contribution is -2.48. The van der Waals surface area contributed by atoms with E-state index in [4.69, 9.17) is 9.05 Å². The maximum atomic E-state index is 12.7. The number of carbonyl (C=O) groups excluding carboxylic acids is 1. The molecule has 0 radical (unpaired) electrons. The van der Waals surface area contributed by atoms with Gasteiger partial charge in [-0.3, -0.25) is 9.69 Å². The second-order valence-electron chi connectivity index (χ2n) is 6.73. The van der Waals surface area contributed by atoms with E-state index >= 15 is 0 Å². The lowest BCUT2D eigenvalue weighted by molar-refractivity contribution is 0.0617. The van der Waals surface area contributed by atoms with Crippen LogP contribution in [0.2, 0.25) is 0 Å². The predicted molar refractivity (Wildman–Crippen MR) is 96.9 cm³/mol. The molecule has 1 aliphatic heterocycles. The molecule has 1 aliphatic rings. The highest BCUT2D eigenvalue weighted by Gasteiger charge is 2.23. The lowest BCUT2D eigenvalue weighted by Gasteiger charge is -2.34. The van der Waals surface area contributed by atoms with Crippen molar-refractivity contribution in [2.24, 2.45) is 0 Å². The van der Waals surface area contributed by atoms with Crippen molar-refractivity contribution in [1.82, 2.24) is 25.1 Å². The number of amides is 1. The maximum absolute atomic E-state index is 12.7. The smallest absolute Gasteiger partial charge is 0.257 e. The molecular formula is C19H21N5O3. The van der Waals surface area contributed by atoms with Crippen LogP contribution in [-0.2, 0) is 6.54 Å². The Kier molecular flexibility index (Phi) is 4.72. The first kappa shape index (κ1) is 17.4. The van der Waals surface area contributed by atoms with Crippen LogP contribution >= 0.6 is 0 Å². The monoisotopic (exact) mass is 367 g/mol. The second kappa shape index (κ2) is 7.32. The third-order valence-corrected chi connectivity index (χ3v) is 4.62. The Morgan fingerprint density at radius 2 is 1.78 bits per heavy atom. The number of hydrogen-bond donors (Lipinski definition) is 0. The Bertz CT molecular complexity index is 923. The van der Waals surface area contributed by atoms with Gasteiger partial charge in [0.2, 0.25) is 0 Å². The van der Waals surface area contributed by atoms with E-state index in [0.29, 0.717) is 30.4 Å².